The molecule has 1 saturated heterocycles. The molecule has 1 aliphatic heterocycles. The maximum Gasteiger partial charge on any atom is 0.404 e. The van der Waals surface area contributed by atoms with E-state index in [1.54, 1.807) is 0 Å². The Kier molecular flexibility index (Phi) is 4.16. The van der Waals surface area contributed by atoms with Crippen molar-refractivity contribution in [2.45, 2.75) is 44.1 Å². The normalized spacial score (nSPS) is 27.2. The van der Waals surface area contributed by atoms with Crippen LogP contribution in [-0.4, -0.2) is 29.7 Å². The van der Waals surface area contributed by atoms with Gasteiger partial charge < -0.3 is 5.73 Å². The van der Waals surface area contributed by atoms with Crippen LogP contribution in [0, 0.1) is 0 Å². The predicted molar refractivity (Wildman–Crippen MR) is 68.6 cm³/mol. The van der Waals surface area contributed by atoms with Crippen LogP contribution in [0.1, 0.15) is 31.4 Å². The summed E-state index contributed by atoms with van der Waals surface area (Å²) in [6.07, 6.45) is -3.62. The van der Waals surface area contributed by atoms with Crippen molar-refractivity contribution in [2.75, 3.05) is 6.54 Å². The van der Waals surface area contributed by atoms with Gasteiger partial charge in [-0.05, 0) is 25.3 Å². The Hall–Kier alpha value is -1.07. The lowest BCUT2D eigenvalue weighted by Crippen LogP contribution is -2.54. The number of hydrogen-bond acceptors (Lipinski definition) is 2. The van der Waals surface area contributed by atoms with E-state index in [9.17, 15) is 13.2 Å². The fourth-order valence-electron chi connectivity index (χ4n) is 2.72. The van der Waals surface area contributed by atoms with Crippen LogP contribution in [0.5, 0.6) is 0 Å². The third kappa shape index (κ3) is 3.28. The van der Waals surface area contributed by atoms with Crippen LogP contribution in [0.4, 0.5) is 13.2 Å². The van der Waals surface area contributed by atoms with Crippen molar-refractivity contribution < 1.29 is 13.2 Å². The zero-order valence-electron chi connectivity index (χ0n) is 10.9. The molecule has 0 aliphatic carbocycles. The Labute approximate surface area is 111 Å². The van der Waals surface area contributed by atoms with Crippen molar-refractivity contribution >= 4 is 0 Å². The van der Waals surface area contributed by atoms with Crippen LogP contribution in [0.2, 0.25) is 0 Å². The summed E-state index contributed by atoms with van der Waals surface area (Å²) in [4.78, 5) is 1.53. The second-order valence-corrected chi connectivity index (χ2v) is 5.17. The van der Waals surface area contributed by atoms with Crippen molar-refractivity contribution in [3.05, 3.63) is 35.9 Å². The third-order valence-electron chi connectivity index (χ3n) is 3.84. The average Bonchev–Trinajstić information content (AvgIpc) is 2.38. The highest BCUT2D eigenvalue weighted by atomic mass is 19.4. The number of benzene rings is 1. The van der Waals surface area contributed by atoms with E-state index >= 15 is 0 Å². The maximum atomic E-state index is 13.1. The van der Waals surface area contributed by atoms with Crippen molar-refractivity contribution in [3.8, 4) is 0 Å². The second kappa shape index (κ2) is 5.51. The van der Waals surface area contributed by atoms with Gasteiger partial charge in [-0.25, -0.2) is 0 Å². The van der Waals surface area contributed by atoms with Crippen LogP contribution < -0.4 is 5.73 Å². The van der Waals surface area contributed by atoms with Gasteiger partial charge in [0.1, 0.15) is 6.04 Å². The number of piperidine rings is 1. The Morgan fingerprint density at radius 2 is 1.89 bits per heavy atom. The standard InChI is InChI=1S/C14H19F3N2/c1-10(11-5-3-2-4-6-11)19-8-7-12(18)9-13(19)14(15,16)17/h2-6,10,12-13H,7-9,18H2,1H3/t10-,12-,13-/m0/s1. The molecule has 0 radical (unpaired) electrons. The molecule has 0 spiro atoms. The number of nitrogens with zero attached hydrogens (tertiary/aromatic N) is 1. The topological polar surface area (TPSA) is 29.3 Å². The minimum absolute atomic E-state index is 0.0132. The van der Waals surface area contributed by atoms with Gasteiger partial charge in [-0.3, -0.25) is 4.90 Å². The van der Waals surface area contributed by atoms with E-state index in [0.717, 1.165) is 5.56 Å². The zero-order valence-corrected chi connectivity index (χ0v) is 10.9. The third-order valence-corrected chi connectivity index (χ3v) is 3.84. The molecule has 0 amide bonds. The van der Waals surface area contributed by atoms with Crippen molar-refractivity contribution in [1.82, 2.24) is 4.90 Å². The van der Waals surface area contributed by atoms with E-state index in [1.165, 1.54) is 4.90 Å². The first kappa shape index (κ1) is 14.3. The van der Waals surface area contributed by atoms with E-state index in [0.29, 0.717) is 13.0 Å². The summed E-state index contributed by atoms with van der Waals surface area (Å²) < 4.78 is 39.4. The summed E-state index contributed by atoms with van der Waals surface area (Å²) in [7, 11) is 0. The summed E-state index contributed by atoms with van der Waals surface area (Å²) >= 11 is 0. The highest BCUT2D eigenvalue weighted by Gasteiger charge is 2.47. The van der Waals surface area contributed by atoms with E-state index in [2.05, 4.69) is 0 Å². The van der Waals surface area contributed by atoms with Crippen LogP contribution in [0.3, 0.4) is 0 Å². The number of halogens is 3. The minimum Gasteiger partial charge on any atom is -0.328 e. The lowest BCUT2D eigenvalue weighted by Gasteiger charge is -2.42. The molecule has 2 N–H and O–H groups in total. The predicted octanol–water partition coefficient (Wildman–Crippen LogP) is 3.10. The monoisotopic (exact) mass is 272 g/mol. The number of hydrogen-bond donors (Lipinski definition) is 1. The van der Waals surface area contributed by atoms with Crippen LogP contribution in [0.25, 0.3) is 0 Å². The Bertz CT molecular complexity index is 405. The molecule has 106 valence electrons. The lowest BCUT2D eigenvalue weighted by atomic mass is 9.94. The quantitative estimate of drug-likeness (QED) is 0.896. The first-order chi connectivity index (χ1) is 8.89. The zero-order chi connectivity index (χ0) is 14.0. The molecule has 1 aliphatic rings. The molecule has 1 heterocycles. The van der Waals surface area contributed by atoms with E-state index in [4.69, 9.17) is 5.73 Å². The summed E-state index contributed by atoms with van der Waals surface area (Å²) in [5.41, 5.74) is 6.61. The molecule has 1 aromatic carbocycles. The van der Waals surface area contributed by atoms with Gasteiger partial charge in [0.15, 0.2) is 0 Å². The summed E-state index contributed by atoms with van der Waals surface area (Å²) in [6, 6.07) is 7.26. The van der Waals surface area contributed by atoms with Gasteiger partial charge in [0.05, 0.1) is 0 Å². The summed E-state index contributed by atoms with van der Waals surface area (Å²) in [5, 5.41) is 0. The Balaban J connectivity index is 2.21. The van der Waals surface area contributed by atoms with Gasteiger partial charge in [-0.1, -0.05) is 30.3 Å². The summed E-state index contributed by atoms with van der Waals surface area (Å²) in [6.45, 7) is 2.21. The second-order valence-electron chi connectivity index (χ2n) is 5.17. The molecule has 19 heavy (non-hydrogen) atoms. The van der Waals surface area contributed by atoms with E-state index in [-0.39, 0.29) is 18.5 Å². The van der Waals surface area contributed by atoms with E-state index in [1.807, 2.05) is 37.3 Å². The van der Waals surface area contributed by atoms with Gasteiger partial charge in [0, 0.05) is 18.6 Å². The van der Waals surface area contributed by atoms with Crippen molar-refractivity contribution in [1.29, 1.82) is 0 Å². The molecular formula is C14H19F3N2. The number of nitrogens with two attached hydrogens (primary N) is 1. The molecule has 2 nitrogen and oxygen atoms in total. The molecule has 5 heteroatoms. The van der Waals surface area contributed by atoms with Crippen LogP contribution in [0.15, 0.2) is 30.3 Å². The molecule has 2 rings (SSSR count). The lowest BCUT2D eigenvalue weighted by molar-refractivity contribution is -0.198. The first-order valence-corrected chi connectivity index (χ1v) is 6.52. The van der Waals surface area contributed by atoms with E-state index < -0.39 is 12.2 Å². The number of alkyl halides is 3. The van der Waals surface area contributed by atoms with Gasteiger partial charge in [0.25, 0.3) is 0 Å². The SMILES string of the molecule is C[C@@H](c1ccccc1)N1CC[C@H](N)C[C@H]1C(F)(F)F. The first-order valence-electron chi connectivity index (χ1n) is 6.52. The summed E-state index contributed by atoms with van der Waals surface area (Å²) in [5.74, 6) is 0. The fraction of sp³-hybridized carbons (Fsp3) is 0.571. The Morgan fingerprint density at radius 3 is 2.47 bits per heavy atom. The average molecular weight is 272 g/mol. The molecule has 1 fully saturated rings. The number of likely N-dealkylation sites (tertiary alicyclic amines) is 1. The highest BCUT2D eigenvalue weighted by molar-refractivity contribution is 5.19. The molecule has 0 saturated carbocycles. The smallest absolute Gasteiger partial charge is 0.328 e. The number of rotatable bonds is 2. The maximum absolute atomic E-state index is 13.1. The minimum atomic E-state index is -4.22. The van der Waals surface area contributed by atoms with Crippen LogP contribution >= 0.6 is 0 Å². The molecular weight excluding hydrogens is 253 g/mol. The van der Waals surface area contributed by atoms with Gasteiger partial charge in [-0.2, -0.15) is 13.2 Å². The molecule has 0 bridgehead atoms. The molecule has 1 aromatic rings. The largest absolute Gasteiger partial charge is 0.404 e. The fourth-order valence-corrected chi connectivity index (χ4v) is 2.72. The molecule has 0 aromatic heterocycles. The van der Waals surface area contributed by atoms with Crippen LogP contribution in [-0.2, 0) is 0 Å². The Morgan fingerprint density at radius 1 is 1.26 bits per heavy atom. The van der Waals surface area contributed by atoms with Crippen molar-refractivity contribution in [3.63, 3.8) is 0 Å². The van der Waals surface area contributed by atoms with Gasteiger partial charge in [0.2, 0.25) is 0 Å². The molecule has 3 atom stereocenters. The van der Waals surface area contributed by atoms with Crippen molar-refractivity contribution in [2.24, 2.45) is 5.73 Å². The van der Waals surface area contributed by atoms with Gasteiger partial charge in [-0.15, -0.1) is 0 Å². The van der Waals surface area contributed by atoms with Gasteiger partial charge >= 0.3 is 6.18 Å². The highest BCUT2D eigenvalue weighted by Crippen LogP contribution is 2.36. The molecule has 0 unspecified atom stereocenters.